The number of fused-ring (bicyclic) bond motifs is 1. The van der Waals surface area contributed by atoms with Crippen LogP contribution in [0.2, 0.25) is 0 Å². The summed E-state index contributed by atoms with van der Waals surface area (Å²) in [5, 5.41) is 7.34. The number of nitrogens with one attached hydrogen (secondary N) is 1. The minimum Gasteiger partial charge on any atom is -0.303 e. The summed E-state index contributed by atoms with van der Waals surface area (Å²) in [6.07, 6.45) is 2.41. The Kier molecular flexibility index (Phi) is 2.72. The summed E-state index contributed by atoms with van der Waals surface area (Å²) in [7, 11) is 1.80. The van der Waals surface area contributed by atoms with E-state index in [9.17, 15) is 4.79 Å². The number of aromatic nitrogens is 2. The third-order valence-corrected chi connectivity index (χ3v) is 3.47. The number of hydrogen-bond donors (Lipinski definition) is 1. The Morgan fingerprint density at radius 3 is 2.83 bits per heavy atom. The second-order valence-corrected chi connectivity index (χ2v) is 4.61. The molecule has 92 valence electrons. The van der Waals surface area contributed by atoms with Crippen LogP contribution in [0, 0.1) is 0 Å². The molecule has 0 saturated heterocycles. The summed E-state index contributed by atoms with van der Waals surface area (Å²) >= 11 is 0. The molecule has 1 aromatic carbocycles. The van der Waals surface area contributed by atoms with Gasteiger partial charge in [-0.1, -0.05) is 24.3 Å². The van der Waals surface area contributed by atoms with Crippen molar-refractivity contribution < 1.29 is 4.79 Å². The predicted molar refractivity (Wildman–Crippen MR) is 68.3 cm³/mol. The zero-order valence-electron chi connectivity index (χ0n) is 10.3. The molecule has 1 unspecified atom stereocenters. The van der Waals surface area contributed by atoms with Crippen molar-refractivity contribution in [2.45, 2.75) is 19.0 Å². The van der Waals surface area contributed by atoms with Gasteiger partial charge in [0.25, 0.3) is 0 Å². The van der Waals surface area contributed by atoms with Gasteiger partial charge in [0.1, 0.15) is 5.69 Å². The van der Waals surface area contributed by atoms with Crippen molar-refractivity contribution in [2.24, 2.45) is 7.05 Å². The van der Waals surface area contributed by atoms with Crippen LogP contribution >= 0.6 is 0 Å². The predicted octanol–water partition coefficient (Wildman–Crippen LogP) is 1.32. The first kappa shape index (κ1) is 11.2. The van der Waals surface area contributed by atoms with E-state index in [2.05, 4.69) is 22.5 Å². The van der Waals surface area contributed by atoms with Crippen LogP contribution in [-0.4, -0.2) is 21.6 Å². The Labute approximate surface area is 106 Å². The molecule has 0 aliphatic carbocycles. The van der Waals surface area contributed by atoms with E-state index < -0.39 is 0 Å². The smallest absolute Gasteiger partial charge is 0.198 e. The lowest BCUT2D eigenvalue weighted by molar-refractivity contribution is 0.0928. The summed E-state index contributed by atoms with van der Waals surface area (Å²) in [6, 6.07) is 9.88. The zero-order chi connectivity index (χ0) is 12.5. The van der Waals surface area contributed by atoms with E-state index in [1.165, 1.54) is 11.1 Å². The van der Waals surface area contributed by atoms with Gasteiger partial charge in [-0.3, -0.25) is 9.48 Å². The molecule has 1 N–H and O–H groups in total. The normalized spacial score (nSPS) is 18.4. The zero-order valence-corrected chi connectivity index (χ0v) is 10.3. The molecule has 0 radical (unpaired) electrons. The van der Waals surface area contributed by atoms with Crippen molar-refractivity contribution in [1.82, 2.24) is 15.1 Å². The molecule has 0 saturated carbocycles. The molecule has 1 aliphatic rings. The molecule has 2 heterocycles. The summed E-state index contributed by atoms with van der Waals surface area (Å²) in [5.74, 6) is 0.115. The molecule has 0 bridgehead atoms. The fraction of sp³-hybridized carbons (Fsp3) is 0.286. The molecule has 0 amide bonds. The number of hydrogen-bond acceptors (Lipinski definition) is 3. The monoisotopic (exact) mass is 241 g/mol. The first-order chi connectivity index (χ1) is 8.75. The van der Waals surface area contributed by atoms with Crippen molar-refractivity contribution in [2.75, 3.05) is 0 Å². The van der Waals surface area contributed by atoms with Crippen LogP contribution < -0.4 is 5.32 Å². The lowest BCUT2D eigenvalue weighted by Crippen LogP contribution is -2.42. The van der Waals surface area contributed by atoms with Crippen LogP contribution in [0.3, 0.4) is 0 Å². The van der Waals surface area contributed by atoms with Crippen LogP contribution in [0.4, 0.5) is 0 Å². The minimum atomic E-state index is -0.143. The fourth-order valence-corrected chi connectivity index (χ4v) is 2.43. The highest BCUT2D eigenvalue weighted by Gasteiger charge is 2.26. The summed E-state index contributed by atoms with van der Waals surface area (Å²) in [6.45, 7) is 0.754. The topological polar surface area (TPSA) is 46.9 Å². The molecular weight excluding hydrogens is 226 g/mol. The molecule has 2 aromatic rings. The van der Waals surface area contributed by atoms with Crippen molar-refractivity contribution in [3.63, 3.8) is 0 Å². The number of carbonyl (C=O) groups excluding carboxylic acids is 1. The van der Waals surface area contributed by atoms with Crippen molar-refractivity contribution in [3.8, 4) is 0 Å². The largest absolute Gasteiger partial charge is 0.303 e. The Balaban J connectivity index is 1.84. The molecule has 0 fully saturated rings. The SMILES string of the molecule is Cn1nccc1C(=O)C1Cc2ccccc2CN1. The molecule has 1 atom stereocenters. The highest BCUT2D eigenvalue weighted by molar-refractivity contribution is 5.99. The molecule has 1 aliphatic heterocycles. The quantitative estimate of drug-likeness (QED) is 0.807. The molecular formula is C14H15N3O. The summed E-state index contributed by atoms with van der Waals surface area (Å²) in [4.78, 5) is 12.4. The number of Topliss-reactive ketones (excluding diaryl/α,β-unsaturated/α-hetero) is 1. The third-order valence-electron chi connectivity index (χ3n) is 3.47. The molecule has 18 heavy (non-hydrogen) atoms. The lowest BCUT2D eigenvalue weighted by atomic mass is 9.93. The van der Waals surface area contributed by atoms with Crippen LogP contribution in [0.1, 0.15) is 21.6 Å². The van der Waals surface area contributed by atoms with Gasteiger partial charge in [-0.05, 0) is 23.6 Å². The molecule has 0 spiro atoms. The van der Waals surface area contributed by atoms with E-state index in [-0.39, 0.29) is 11.8 Å². The Hall–Kier alpha value is -1.94. The standard InChI is InChI=1S/C14H15N3O/c1-17-13(6-7-16-17)14(18)12-8-10-4-2-3-5-11(10)9-15-12/h2-7,12,15H,8-9H2,1H3. The average Bonchev–Trinajstić information content (AvgIpc) is 2.83. The van der Waals surface area contributed by atoms with Crippen molar-refractivity contribution in [3.05, 3.63) is 53.3 Å². The number of nitrogens with zero attached hydrogens (tertiary/aromatic N) is 2. The maximum absolute atomic E-state index is 12.4. The Morgan fingerprint density at radius 2 is 2.11 bits per heavy atom. The third kappa shape index (κ3) is 1.84. The number of benzene rings is 1. The highest BCUT2D eigenvalue weighted by atomic mass is 16.1. The van der Waals surface area contributed by atoms with E-state index in [1.807, 2.05) is 12.1 Å². The van der Waals surface area contributed by atoms with Crippen LogP contribution in [0.25, 0.3) is 0 Å². The van der Waals surface area contributed by atoms with Gasteiger partial charge in [-0.15, -0.1) is 0 Å². The van der Waals surface area contributed by atoms with Crippen molar-refractivity contribution in [1.29, 1.82) is 0 Å². The number of carbonyl (C=O) groups is 1. The van der Waals surface area contributed by atoms with Gasteiger partial charge in [0.2, 0.25) is 0 Å². The molecule has 3 rings (SSSR count). The van der Waals surface area contributed by atoms with Gasteiger partial charge in [0.15, 0.2) is 5.78 Å². The van der Waals surface area contributed by atoms with E-state index in [0.29, 0.717) is 5.69 Å². The second-order valence-electron chi connectivity index (χ2n) is 4.61. The highest BCUT2D eigenvalue weighted by Crippen LogP contribution is 2.18. The molecule has 4 heteroatoms. The van der Waals surface area contributed by atoms with Crippen molar-refractivity contribution >= 4 is 5.78 Å². The maximum Gasteiger partial charge on any atom is 0.198 e. The second kappa shape index (κ2) is 4.38. The van der Waals surface area contributed by atoms with Gasteiger partial charge in [0.05, 0.1) is 6.04 Å². The molecule has 1 aromatic heterocycles. The number of rotatable bonds is 2. The van der Waals surface area contributed by atoms with E-state index in [1.54, 1.807) is 24.0 Å². The fourth-order valence-electron chi connectivity index (χ4n) is 2.43. The van der Waals surface area contributed by atoms with Crippen LogP contribution in [-0.2, 0) is 20.0 Å². The summed E-state index contributed by atoms with van der Waals surface area (Å²) in [5.41, 5.74) is 3.20. The van der Waals surface area contributed by atoms with Crippen LogP contribution in [0.15, 0.2) is 36.5 Å². The van der Waals surface area contributed by atoms with E-state index in [0.717, 1.165) is 13.0 Å². The van der Waals surface area contributed by atoms with Crippen LogP contribution in [0.5, 0.6) is 0 Å². The minimum absolute atomic E-state index is 0.115. The average molecular weight is 241 g/mol. The first-order valence-electron chi connectivity index (χ1n) is 6.08. The van der Waals surface area contributed by atoms with E-state index >= 15 is 0 Å². The van der Waals surface area contributed by atoms with E-state index in [4.69, 9.17) is 0 Å². The van der Waals surface area contributed by atoms with Gasteiger partial charge < -0.3 is 5.32 Å². The Morgan fingerprint density at radius 1 is 1.33 bits per heavy atom. The lowest BCUT2D eigenvalue weighted by Gasteiger charge is -2.25. The van der Waals surface area contributed by atoms with Gasteiger partial charge in [-0.25, -0.2) is 0 Å². The summed E-state index contributed by atoms with van der Waals surface area (Å²) < 4.78 is 1.63. The number of aryl methyl sites for hydroxylation is 1. The number of ketones is 1. The van der Waals surface area contributed by atoms with Gasteiger partial charge >= 0.3 is 0 Å². The first-order valence-corrected chi connectivity index (χ1v) is 6.08. The van der Waals surface area contributed by atoms with Gasteiger partial charge in [0, 0.05) is 19.8 Å². The Bertz CT molecular complexity index is 588. The maximum atomic E-state index is 12.4. The van der Waals surface area contributed by atoms with Gasteiger partial charge in [-0.2, -0.15) is 5.10 Å². The molecule has 4 nitrogen and oxygen atoms in total.